The molecule has 0 fully saturated rings. The fourth-order valence-electron chi connectivity index (χ4n) is 3.38. The number of ether oxygens (including phenoxy) is 3. The SMILES string of the molecule is COc1ccc(C2=N/C(=C/c3ccc(OC)c(OC)c3)C(=O)N2c2ccc(Br)cc2)cc1. The summed E-state index contributed by atoms with van der Waals surface area (Å²) in [5, 5.41) is 0. The molecular weight excluding hydrogens is 472 g/mol. The number of aliphatic imine (C=N–C) groups is 1. The Morgan fingerprint density at radius 3 is 2.16 bits per heavy atom. The number of nitrogens with zero attached hydrogens (tertiary/aromatic N) is 2. The number of methoxy groups -OCH3 is 3. The lowest BCUT2D eigenvalue weighted by Crippen LogP contribution is -2.32. The first kappa shape index (κ1) is 21.6. The van der Waals surface area contributed by atoms with Crippen molar-refractivity contribution in [2.75, 3.05) is 26.2 Å². The summed E-state index contributed by atoms with van der Waals surface area (Å²) < 4.78 is 16.9. The molecule has 1 aliphatic heterocycles. The van der Waals surface area contributed by atoms with Gasteiger partial charge in [0.2, 0.25) is 0 Å². The van der Waals surface area contributed by atoms with E-state index >= 15 is 0 Å². The monoisotopic (exact) mass is 492 g/mol. The van der Waals surface area contributed by atoms with E-state index < -0.39 is 0 Å². The first-order valence-electron chi connectivity index (χ1n) is 9.81. The summed E-state index contributed by atoms with van der Waals surface area (Å²) in [6.45, 7) is 0. The molecule has 0 saturated heterocycles. The molecule has 1 amide bonds. The van der Waals surface area contributed by atoms with Gasteiger partial charge in [0.1, 0.15) is 17.3 Å². The number of hydrogen-bond donors (Lipinski definition) is 0. The van der Waals surface area contributed by atoms with Crippen molar-refractivity contribution in [2.45, 2.75) is 0 Å². The average molecular weight is 493 g/mol. The van der Waals surface area contributed by atoms with E-state index in [1.807, 2.05) is 60.7 Å². The van der Waals surface area contributed by atoms with Gasteiger partial charge in [0, 0.05) is 10.0 Å². The zero-order valence-electron chi connectivity index (χ0n) is 17.8. The lowest BCUT2D eigenvalue weighted by Gasteiger charge is -2.18. The van der Waals surface area contributed by atoms with Crippen LogP contribution < -0.4 is 19.1 Å². The Labute approximate surface area is 194 Å². The van der Waals surface area contributed by atoms with Crippen molar-refractivity contribution in [3.8, 4) is 17.2 Å². The van der Waals surface area contributed by atoms with Gasteiger partial charge in [0.25, 0.3) is 5.91 Å². The minimum absolute atomic E-state index is 0.215. The van der Waals surface area contributed by atoms with Crippen molar-refractivity contribution in [1.82, 2.24) is 0 Å². The summed E-state index contributed by atoms with van der Waals surface area (Å²) in [7, 11) is 4.77. The quantitative estimate of drug-likeness (QED) is 0.437. The summed E-state index contributed by atoms with van der Waals surface area (Å²) in [6.07, 6.45) is 1.74. The van der Waals surface area contributed by atoms with Crippen molar-refractivity contribution in [3.05, 3.63) is 88.0 Å². The van der Waals surface area contributed by atoms with Gasteiger partial charge in [-0.25, -0.2) is 4.99 Å². The maximum Gasteiger partial charge on any atom is 0.282 e. The molecular formula is C25H21BrN2O4. The number of carbonyl (C=O) groups is 1. The fourth-order valence-corrected chi connectivity index (χ4v) is 3.64. The van der Waals surface area contributed by atoms with Crippen LogP contribution in [0, 0.1) is 0 Å². The van der Waals surface area contributed by atoms with Gasteiger partial charge in [-0.3, -0.25) is 9.69 Å². The molecule has 0 N–H and O–H groups in total. The van der Waals surface area contributed by atoms with Crippen LogP contribution in [0.25, 0.3) is 6.08 Å². The molecule has 0 spiro atoms. The van der Waals surface area contributed by atoms with E-state index in [0.717, 1.165) is 27.0 Å². The second-order valence-electron chi connectivity index (χ2n) is 6.92. The minimum Gasteiger partial charge on any atom is -0.497 e. The molecule has 3 aromatic rings. The van der Waals surface area contributed by atoms with E-state index in [0.29, 0.717) is 23.0 Å². The third-order valence-corrected chi connectivity index (χ3v) is 5.53. The molecule has 6 nitrogen and oxygen atoms in total. The van der Waals surface area contributed by atoms with Gasteiger partial charge < -0.3 is 14.2 Å². The van der Waals surface area contributed by atoms with Gasteiger partial charge in [-0.05, 0) is 72.3 Å². The number of amidine groups is 1. The van der Waals surface area contributed by atoms with Crippen LogP contribution in [0.15, 0.2) is 81.9 Å². The largest absolute Gasteiger partial charge is 0.497 e. The van der Waals surface area contributed by atoms with E-state index in [2.05, 4.69) is 15.9 Å². The zero-order valence-corrected chi connectivity index (χ0v) is 19.4. The van der Waals surface area contributed by atoms with Crippen LogP contribution in [-0.4, -0.2) is 33.1 Å². The number of carbonyl (C=O) groups excluding carboxylic acids is 1. The van der Waals surface area contributed by atoms with Gasteiger partial charge in [0.15, 0.2) is 11.5 Å². The number of rotatable bonds is 6. The second kappa shape index (κ2) is 9.28. The Hall–Kier alpha value is -3.58. The van der Waals surface area contributed by atoms with Crippen molar-refractivity contribution < 1.29 is 19.0 Å². The molecule has 0 unspecified atom stereocenters. The standard InChI is InChI=1S/C25H21BrN2O4/c1-30-20-11-5-17(6-12-20)24-27-21(14-16-4-13-22(31-2)23(15-16)32-3)25(29)28(24)19-9-7-18(26)8-10-19/h4-15H,1-3H3/b21-14+. The van der Waals surface area contributed by atoms with Crippen molar-refractivity contribution >= 4 is 39.4 Å². The molecule has 3 aromatic carbocycles. The molecule has 162 valence electrons. The predicted octanol–water partition coefficient (Wildman–Crippen LogP) is 5.31. The van der Waals surface area contributed by atoms with Gasteiger partial charge >= 0.3 is 0 Å². The lowest BCUT2D eigenvalue weighted by molar-refractivity contribution is -0.113. The molecule has 0 radical (unpaired) electrons. The molecule has 0 bridgehead atoms. The van der Waals surface area contributed by atoms with E-state index in [1.54, 1.807) is 38.4 Å². The molecule has 4 rings (SSSR count). The summed E-state index contributed by atoms with van der Waals surface area (Å²) >= 11 is 3.45. The number of hydrogen-bond acceptors (Lipinski definition) is 5. The summed E-state index contributed by atoms with van der Waals surface area (Å²) in [6, 6.07) is 20.5. The van der Waals surface area contributed by atoms with Crippen molar-refractivity contribution in [1.29, 1.82) is 0 Å². The van der Waals surface area contributed by atoms with E-state index in [-0.39, 0.29) is 5.91 Å². The van der Waals surface area contributed by atoms with E-state index in [4.69, 9.17) is 19.2 Å². The van der Waals surface area contributed by atoms with Crippen molar-refractivity contribution in [3.63, 3.8) is 0 Å². The number of anilines is 1. The fraction of sp³-hybridized carbons (Fsp3) is 0.120. The van der Waals surface area contributed by atoms with Crippen LogP contribution in [0.2, 0.25) is 0 Å². The molecule has 32 heavy (non-hydrogen) atoms. The Kier molecular flexibility index (Phi) is 6.28. The third kappa shape index (κ3) is 4.24. The van der Waals surface area contributed by atoms with Crippen LogP contribution in [0.5, 0.6) is 17.2 Å². The first-order valence-corrected chi connectivity index (χ1v) is 10.6. The van der Waals surface area contributed by atoms with Crippen LogP contribution in [-0.2, 0) is 4.79 Å². The number of amides is 1. The minimum atomic E-state index is -0.215. The maximum absolute atomic E-state index is 13.4. The maximum atomic E-state index is 13.4. The van der Waals surface area contributed by atoms with Gasteiger partial charge in [-0.15, -0.1) is 0 Å². The smallest absolute Gasteiger partial charge is 0.282 e. The highest BCUT2D eigenvalue weighted by molar-refractivity contribution is 9.10. The molecule has 1 aliphatic rings. The highest BCUT2D eigenvalue weighted by Crippen LogP contribution is 2.32. The topological polar surface area (TPSA) is 60.4 Å². The molecule has 0 aromatic heterocycles. The Bertz CT molecular complexity index is 1200. The summed E-state index contributed by atoms with van der Waals surface area (Å²) in [4.78, 5) is 19.7. The summed E-state index contributed by atoms with van der Waals surface area (Å²) in [5.41, 5.74) is 2.63. The van der Waals surface area contributed by atoms with Gasteiger partial charge in [-0.1, -0.05) is 22.0 Å². The van der Waals surface area contributed by atoms with E-state index in [9.17, 15) is 4.79 Å². The van der Waals surface area contributed by atoms with Crippen LogP contribution in [0.3, 0.4) is 0 Å². The Morgan fingerprint density at radius 1 is 0.844 bits per heavy atom. The van der Waals surface area contributed by atoms with Crippen molar-refractivity contribution in [2.24, 2.45) is 4.99 Å². The second-order valence-corrected chi connectivity index (χ2v) is 7.84. The summed E-state index contributed by atoms with van der Waals surface area (Å²) in [5.74, 6) is 2.26. The normalized spacial score (nSPS) is 14.5. The Balaban J connectivity index is 1.79. The number of halogens is 1. The zero-order chi connectivity index (χ0) is 22.7. The van der Waals surface area contributed by atoms with E-state index in [1.165, 1.54) is 0 Å². The Morgan fingerprint density at radius 2 is 1.53 bits per heavy atom. The highest BCUT2D eigenvalue weighted by atomic mass is 79.9. The lowest BCUT2D eigenvalue weighted by atomic mass is 10.1. The molecule has 7 heteroatoms. The molecule has 0 saturated carbocycles. The molecule has 0 atom stereocenters. The van der Waals surface area contributed by atoms with Crippen LogP contribution in [0.4, 0.5) is 5.69 Å². The number of benzene rings is 3. The van der Waals surface area contributed by atoms with Crippen LogP contribution >= 0.6 is 15.9 Å². The predicted molar refractivity (Wildman–Crippen MR) is 129 cm³/mol. The first-order chi connectivity index (χ1) is 15.5. The highest BCUT2D eigenvalue weighted by Gasteiger charge is 2.32. The average Bonchev–Trinajstić information content (AvgIpc) is 3.15. The van der Waals surface area contributed by atoms with Gasteiger partial charge in [-0.2, -0.15) is 0 Å². The van der Waals surface area contributed by atoms with Crippen LogP contribution in [0.1, 0.15) is 11.1 Å². The molecule has 0 aliphatic carbocycles. The molecule has 1 heterocycles. The third-order valence-electron chi connectivity index (χ3n) is 5.00. The van der Waals surface area contributed by atoms with Gasteiger partial charge in [0.05, 0.1) is 27.0 Å².